The molecule has 0 bridgehead atoms. The SMILES string of the molecule is Cc1ccc(C(=O)c2c(F)ccc(C)c2F)c(C)c1. The van der Waals surface area contributed by atoms with Gasteiger partial charge < -0.3 is 0 Å². The molecule has 0 saturated carbocycles. The van der Waals surface area contributed by atoms with Crippen molar-refractivity contribution in [3.05, 3.63) is 69.8 Å². The van der Waals surface area contributed by atoms with Crippen molar-refractivity contribution in [1.82, 2.24) is 0 Å². The molecule has 0 atom stereocenters. The number of ketones is 1. The fourth-order valence-electron chi connectivity index (χ4n) is 2.07. The van der Waals surface area contributed by atoms with Gasteiger partial charge in [0.2, 0.25) is 0 Å². The number of aryl methyl sites for hydroxylation is 3. The normalized spacial score (nSPS) is 10.6. The minimum Gasteiger partial charge on any atom is -0.288 e. The third-order valence-corrected chi connectivity index (χ3v) is 3.14. The van der Waals surface area contributed by atoms with Gasteiger partial charge in [-0.25, -0.2) is 8.78 Å². The maximum Gasteiger partial charge on any atom is 0.199 e. The van der Waals surface area contributed by atoms with Crippen molar-refractivity contribution in [2.45, 2.75) is 20.8 Å². The van der Waals surface area contributed by atoms with Crippen LogP contribution in [-0.2, 0) is 0 Å². The lowest BCUT2D eigenvalue weighted by molar-refractivity contribution is 0.103. The van der Waals surface area contributed by atoms with Crippen LogP contribution in [0.5, 0.6) is 0 Å². The van der Waals surface area contributed by atoms with Crippen LogP contribution in [0.3, 0.4) is 0 Å². The molecule has 0 fully saturated rings. The molecule has 0 spiro atoms. The predicted molar refractivity (Wildman–Crippen MR) is 70.4 cm³/mol. The van der Waals surface area contributed by atoms with Gasteiger partial charge in [0, 0.05) is 5.56 Å². The number of hydrogen-bond donors (Lipinski definition) is 0. The summed E-state index contributed by atoms with van der Waals surface area (Å²) in [5.74, 6) is -2.23. The van der Waals surface area contributed by atoms with Gasteiger partial charge in [0.05, 0.1) is 5.56 Å². The Morgan fingerprint density at radius 2 is 1.63 bits per heavy atom. The predicted octanol–water partition coefficient (Wildman–Crippen LogP) is 4.12. The smallest absolute Gasteiger partial charge is 0.199 e. The van der Waals surface area contributed by atoms with Crippen LogP contribution < -0.4 is 0 Å². The average Bonchev–Trinajstić information content (AvgIpc) is 2.34. The van der Waals surface area contributed by atoms with E-state index in [1.807, 2.05) is 13.0 Å². The van der Waals surface area contributed by atoms with E-state index >= 15 is 0 Å². The van der Waals surface area contributed by atoms with E-state index in [1.54, 1.807) is 19.1 Å². The van der Waals surface area contributed by atoms with Crippen LogP contribution in [-0.4, -0.2) is 5.78 Å². The molecule has 2 rings (SSSR count). The first kappa shape index (κ1) is 13.4. The molecule has 0 aliphatic rings. The zero-order valence-electron chi connectivity index (χ0n) is 11.1. The van der Waals surface area contributed by atoms with Crippen molar-refractivity contribution in [1.29, 1.82) is 0 Å². The Morgan fingerprint density at radius 1 is 0.947 bits per heavy atom. The molecule has 0 unspecified atom stereocenters. The van der Waals surface area contributed by atoms with Crippen molar-refractivity contribution < 1.29 is 13.6 Å². The van der Waals surface area contributed by atoms with Gasteiger partial charge in [0.15, 0.2) is 5.78 Å². The van der Waals surface area contributed by atoms with Crippen molar-refractivity contribution in [3.63, 3.8) is 0 Å². The van der Waals surface area contributed by atoms with Crippen LogP contribution >= 0.6 is 0 Å². The Kier molecular flexibility index (Phi) is 3.47. The van der Waals surface area contributed by atoms with E-state index in [9.17, 15) is 13.6 Å². The summed E-state index contributed by atoms with van der Waals surface area (Å²) in [5, 5.41) is 0. The Balaban J connectivity index is 2.59. The highest BCUT2D eigenvalue weighted by atomic mass is 19.1. The molecule has 1 nitrogen and oxygen atoms in total. The highest BCUT2D eigenvalue weighted by Gasteiger charge is 2.21. The van der Waals surface area contributed by atoms with Crippen LogP contribution in [0.4, 0.5) is 8.78 Å². The third-order valence-electron chi connectivity index (χ3n) is 3.14. The van der Waals surface area contributed by atoms with Gasteiger partial charge in [0.1, 0.15) is 11.6 Å². The standard InChI is InChI=1S/C16H14F2O/c1-9-4-6-12(11(3)8-9)16(19)14-13(17)7-5-10(2)15(14)18/h4-8H,1-3H3. The van der Waals surface area contributed by atoms with E-state index in [2.05, 4.69) is 0 Å². The molecule has 0 N–H and O–H groups in total. The Hall–Kier alpha value is -2.03. The minimum absolute atomic E-state index is 0.259. The summed E-state index contributed by atoms with van der Waals surface area (Å²) in [7, 11) is 0. The summed E-state index contributed by atoms with van der Waals surface area (Å²) < 4.78 is 27.7. The van der Waals surface area contributed by atoms with Crippen LogP contribution in [0.25, 0.3) is 0 Å². The van der Waals surface area contributed by atoms with Gasteiger partial charge in [0.25, 0.3) is 0 Å². The Labute approximate surface area is 110 Å². The van der Waals surface area contributed by atoms with Crippen molar-refractivity contribution in [2.24, 2.45) is 0 Å². The lowest BCUT2D eigenvalue weighted by Gasteiger charge is -2.09. The molecule has 0 aliphatic carbocycles. The molecule has 3 heteroatoms. The summed E-state index contributed by atoms with van der Waals surface area (Å²) in [5.41, 5.74) is 1.82. The molecule has 19 heavy (non-hydrogen) atoms. The third kappa shape index (κ3) is 2.41. The molecule has 0 heterocycles. The zero-order chi connectivity index (χ0) is 14.2. The summed E-state index contributed by atoms with van der Waals surface area (Å²) in [4.78, 5) is 12.3. The van der Waals surface area contributed by atoms with E-state index in [0.29, 0.717) is 11.1 Å². The summed E-state index contributed by atoms with van der Waals surface area (Å²) in [6, 6.07) is 7.62. The lowest BCUT2D eigenvalue weighted by atomic mass is 9.96. The fraction of sp³-hybridized carbons (Fsp3) is 0.188. The van der Waals surface area contributed by atoms with Crippen LogP contribution in [0, 0.1) is 32.4 Å². The maximum atomic E-state index is 13.9. The van der Waals surface area contributed by atoms with Gasteiger partial charge in [-0.1, -0.05) is 29.8 Å². The number of halogens is 2. The van der Waals surface area contributed by atoms with Gasteiger partial charge in [-0.05, 0) is 38.0 Å². The van der Waals surface area contributed by atoms with E-state index < -0.39 is 23.0 Å². The molecular weight excluding hydrogens is 246 g/mol. The van der Waals surface area contributed by atoms with Gasteiger partial charge in [-0.3, -0.25) is 4.79 Å². The molecule has 0 amide bonds. The fourth-order valence-corrected chi connectivity index (χ4v) is 2.07. The number of hydrogen-bond acceptors (Lipinski definition) is 1. The highest BCUT2D eigenvalue weighted by molar-refractivity contribution is 6.10. The molecule has 0 saturated heterocycles. The Bertz CT molecular complexity index is 660. The minimum atomic E-state index is -0.826. The lowest BCUT2D eigenvalue weighted by Crippen LogP contribution is -2.10. The van der Waals surface area contributed by atoms with Gasteiger partial charge in [-0.15, -0.1) is 0 Å². The van der Waals surface area contributed by atoms with Gasteiger partial charge >= 0.3 is 0 Å². The number of rotatable bonds is 2. The second-order valence-electron chi connectivity index (χ2n) is 4.70. The molecule has 98 valence electrons. The molecule has 0 aliphatic heterocycles. The monoisotopic (exact) mass is 260 g/mol. The molecule has 0 aromatic heterocycles. The molecule has 0 radical (unpaired) electrons. The summed E-state index contributed by atoms with van der Waals surface area (Å²) in [6.07, 6.45) is 0. The van der Waals surface area contributed by atoms with Crippen LogP contribution in [0.2, 0.25) is 0 Å². The number of carbonyl (C=O) groups is 1. The summed E-state index contributed by atoms with van der Waals surface area (Å²) in [6.45, 7) is 5.16. The quantitative estimate of drug-likeness (QED) is 0.742. The van der Waals surface area contributed by atoms with E-state index in [-0.39, 0.29) is 5.56 Å². The number of carbonyl (C=O) groups excluding carboxylic acids is 1. The topological polar surface area (TPSA) is 17.1 Å². The summed E-state index contributed by atoms with van der Waals surface area (Å²) >= 11 is 0. The van der Waals surface area contributed by atoms with E-state index in [1.165, 1.54) is 13.0 Å². The van der Waals surface area contributed by atoms with Gasteiger partial charge in [-0.2, -0.15) is 0 Å². The second kappa shape index (κ2) is 4.92. The molecular formula is C16H14F2O. The van der Waals surface area contributed by atoms with E-state index in [4.69, 9.17) is 0 Å². The van der Waals surface area contributed by atoms with Crippen molar-refractivity contribution in [3.8, 4) is 0 Å². The largest absolute Gasteiger partial charge is 0.288 e. The second-order valence-corrected chi connectivity index (χ2v) is 4.70. The first-order valence-corrected chi connectivity index (χ1v) is 5.98. The number of benzene rings is 2. The highest BCUT2D eigenvalue weighted by Crippen LogP contribution is 2.22. The molecule has 2 aromatic carbocycles. The van der Waals surface area contributed by atoms with E-state index in [0.717, 1.165) is 11.6 Å². The molecule has 2 aromatic rings. The average molecular weight is 260 g/mol. The van der Waals surface area contributed by atoms with Crippen molar-refractivity contribution >= 4 is 5.78 Å². The Morgan fingerprint density at radius 3 is 2.26 bits per heavy atom. The maximum absolute atomic E-state index is 13.9. The first-order chi connectivity index (χ1) is 8.91. The van der Waals surface area contributed by atoms with Crippen molar-refractivity contribution in [2.75, 3.05) is 0 Å². The van der Waals surface area contributed by atoms with Crippen LogP contribution in [0.15, 0.2) is 30.3 Å². The zero-order valence-corrected chi connectivity index (χ0v) is 11.1. The van der Waals surface area contributed by atoms with Crippen LogP contribution in [0.1, 0.15) is 32.6 Å². The first-order valence-electron chi connectivity index (χ1n) is 5.98.